The smallest absolute Gasteiger partial charge is 0.441 e. The number of carbonyl (C=O) groups is 1. The van der Waals surface area contributed by atoms with Crippen LogP contribution in [-0.2, 0) is 16.0 Å². The Morgan fingerprint density at radius 1 is 1.26 bits per heavy atom. The van der Waals surface area contributed by atoms with Gasteiger partial charge in [-0.05, 0) is 35.9 Å². The molecule has 0 saturated carbocycles. The van der Waals surface area contributed by atoms with E-state index in [2.05, 4.69) is 0 Å². The maximum absolute atomic E-state index is 11.8. The van der Waals surface area contributed by atoms with Crippen molar-refractivity contribution in [3.63, 3.8) is 0 Å². The Bertz CT molecular complexity index is 406. The minimum Gasteiger partial charge on any atom is -0.465 e. The molecule has 1 aromatic carbocycles. The molecule has 7 heteroatoms. The van der Waals surface area contributed by atoms with Crippen LogP contribution >= 0.6 is 11.8 Å². The first-order valence-electron chi connectivity index (χ1n) is 5.57. The molecule has 3 nitrogen and oxygen atoms in total. The summed E-state index contributed by atoms with van der Waals surface area (Å²) in [5.41, 5.74) is 2.79. The molecule has 106 valence electrons. The van der Waals surface area contributed by atoms with Gasteiger partial charge in [0, 0.05) is 17.9 Å². The number of hydrogen-bond donors (Lipinski definition) is 1. The SMILES string of the molecule is Nc1ccc(CCC(=O)OCCSC(F)(F)F)cc1. The Balaban J connectivity index is 2.16. The Morgan fingerprint density at radius 2 is 1.89 bits per heavy atom. The predicted octanol–water partition coefficient (Wildman–Crippen LogP) is 3.00. The van der Waals surface area contributed by atoms with E-state index in [4.69, 9.17) is 10.5 Å². The van der Waals surface area contributed by atoms with Gasteiger partial charge in [-0.2, -0.15) is 13.2 Å². The zero-order valence-electron chi connectivity index (χ0n) is 10.1. The van der Waals surface area contributed by atoms with Crippen molar-refractivity contribution in [1.29, 1.82) is 0 Å². The molecule has 0 saturated heterocycles. The van der Waals surface area contributed by atoms with E-state index in [0.29, 0.717) is 12.1 Å². The van der Waals surface area contributed by atoms with Crippen LogP contribution in [0.3, 0.4) is 0 Å². The number of rotatable bonds is 6. The molecule has 0 heterocycles. The van der Waals surface area contributed by atoms with E-state index in [-0.39, 0.29) is 30.5 Å². The summed E-state index contributed by atoms with van der Waals surface area (Å²) >= 11 is -0.199. The summed E-state index contributed by atoms with van der Waals surface area (Å²) in [6.45, 7) is -0.231. The summed E-state index contributed by atoms with van der Waals surface area (Å²) in [4.78, 5) is 11.3. The number of nitrogens with two attached hydrogens (primary N) is 1. The minimum absolute atomic E-state index is 0.139. The van der Waals surface area contributed by atoms with Crippen LogP contribution in [0.2, 0.25) is 0 Å². The second-order valence-electron chi connectivity index (χ2n) is 3.76. The van der Waals surface area contributed by atoms with Gasteiger partial charge in [0.05, 0.1) is 0 Å². The zero-order valence-corrected chi connectivity index (χ0v) is 10.9. The fourth-order valence-corrected chi connectivity index (χ4v) is 1.71. The summed E-state index contributed by atoms with van der Waals surface area (Å²) < 4.78 is 40.1. The molecule has 1 rings (SSSR count). The third-order valence-corrected chi connectivity index (χ3v) is 2.91. The zero-order chi connectivity index (χ0) is 14.3. The van der Waals surface area contributed by atoms with Crippen LogP contribution in [-0.4, -0.2) is 23.8 Å². The molecule has 0 fully saturated rings. The van der Waals surface area contributed by atoms with Gasteiger partial charge < -0.3 is 10.5 Å². The number of aryl methyl sites for hydroxylation is 1. The van der Waals surface area contributed by atoms with Crippen molar-refractivity contribution in [2.24, 2.45) is 0 Å². The van der Waals surface area contributed by atoms with Crippen molar-refractivity contribution in [2.75, 3.05) is 18.1 Å². The van der Waals surface area contributed by atoms with E-state index in [1.807, 2.05) is 0 Å². The van der Waals surface area contributed by atoms with E-state index in [1.54, 1.807) is 24.3 Å². The maximum Gasteiger partial charge on any atom is 0.441 e. The highest BCUT2D eigenvalue weighted by molar-refractivity contribution is 8.00. The highest BCUT2D eigenvalue weighted by Gasteiger charge is 2.27. The second kappa shape index (κ2) is 7.28. The summed E-state index contributed by atoms with van der Waals surface area (Å²) in [5, 5.41) is 0. The third-order valence-electron chi connectivity index (χ3n) is 2.21. The fraction of sp³-hybridized carbons (Fsp3) is 0.417. The van der Waals surface area contributed by atoms with Gasteiger partial charge in [-0.3, -0.25) is 4.79 Å². The van der Waals surface area contributed by atoms with E-state index in [9.17, 15) is 18.0 Å². The first kappa shape index (κ1) is 15.7. The Morgan fingerprint density at radius 3 is 2.47 bits per heavy atom. The number of thioether (sulfide) groups is 1. The molecular formula is C12H14F3NO2S. The second-order valence-corrected chi connectivity index (χ2v) is 4.92. The van der Waals surface area contributed by atoms with Gasteiger partial charge in [-0.25, -0.2) is 0 Å². The van der Waals surface area contributed by atoms with Gasteiger partial charge in [0.2, 0.25) is 0 Å². The normalized spacial score (nSPS) is 11.3. The highest BCUT2D eigenvalue weighted by Crippen LogP contribution is 2.29. The van der Waals surface area contributed by atoms with Gasteiger partial charge in [0.25, 0.3) is 0 Å². The van der Waals surface area contributed by atoms with Gasteiger partial charge >= 0.3 is 11.5 Å². The Hall–Kier alpha value is -1.37. The molecule has 0 aliphatic carbocycles. The lowest BCUT2D eigenvalue weighted by Crippen LogP contribution is -2.11. The molecule has 0 aliphatic rings. The van der Waals surface area contributed by atoms with Crippen LogP contribution in [0.1, 0.15) is 12.0 Å². The summed E-state index contributed by atoms with van der Waals surface area (Å²) in [6, 6.07) is 7.03. The molecule has 0 unspecified atom stereocenters. The van der Waals surface area contributed by atoms with Crippen molar-refractivity contribution < 1.29 is 22.7 Å². The van der Waals surface area contributed by atoms with E-state index >= 15 is 0 Å². The number of anilines is 1. The Labute approximate surface area is 113 Å². The van der Waals surface area contributed by atoms with Crippen LogP contribution in [0.5, 0.6) is 0 Å². The number of ether oxygens (including phenoxy) is 1. The van der Waals surface area contributed by atoms with Crippen LogP contribution in [0.15, 0.2) is 24.3 Å². The fourth-order valence-electron chi connectivity index (χ4n) is 1.32. The number of carbonyl (C=O) groups excluding carboxylic acids is 1. The number of esters is 1. The molecule has 0 amide bonds. The van der Waals surface area contributed by atoms with Crippen LogP contribution in [0.4, 0.5) is 18.9 Å². The van der Waals surface area contributed by atoms with Crippen LogP contribution in [0, 0.1) is 0 Å². The van der Waals surface area contributed by atoms with Crippen LogP contribution in [0.25, 0.3) is 0 Å². The lowest BCUT2D eigenvalue weighted by Gasteiger charge is -2.07. The molecule has 1 aromatic rings. The molecule has 0 spiro atoms. The monoisotopic (exact) mass is 293 g/mol. The average Bonchev–Trinajstić information content (AvgIpc) is 2.33. The van der Waals surface area contributed by atoms with Gasteiger partial charge in [-0.15, -0.1) is 0 Å². The lowest BCUT2D eigenvalue weighted by atomic mass is 10.1. The van der Waals surface area contributed by atoms with Gasteiger partial charge in [0.15, 0.2) is 0 Å². The number of benzene rings is 1. The Kier molecular flexibility index (Phi) is 6.01. The molecule has 19 heavy (non-hydrogen) atoms. The van der Waals surface area contributed by atoms with Gasteiger partial charge in [-0.1, -0.05) is 12.1 Å². The number of nitrogen functional groups attached to an aromatic ring is 1. The molecule has 0 bridgehead atoms. The first-order valence-corrected chi connectivity index (χ1v) is 6.56. The van der Waals surface area contributed by atoms with Crippen LogP contribution < -0.4 is 5.73 Å². The summed E-state index contributed by atoms with van der Waals surface area (Å²) in [6.07, 6.45) is 0.617. The third kappa shape index (κ3) is 7.61. The van der Waals surface area contributed by atoms with E-state index in [1.165, 1.54) is 0 Å². The van der Waals surface area contributed by atoms with Crippen molar-refractivity contribution in [1.82, 2.24) is 0 Å². The molecular weight excluding hydrogens is 279 g/mol. The molecule has 0 atom stereocenters. The van der Waals surface area contributed by atoms with Crippen molar-refractivity contribution in [3.05, 3.63) is 29.8 Å². The van der Waals surface area contributed by atoms with E-state index in [0.717, 1.165) is 5.56 Å². The topological polar surface area (TPSA) is 52.3 Å². The minimum atomic E-state index is -4.28. The summed E-state index contributed by atoms with van der Waals surface area (Å²) in [5.74, 6) is -0.781. The number of alkyl halides is 3. The lowest BCUT2D eigenvalue weighted by molar-refractivity contribution is -0.143. The van der Waals surface area contributed by atoms with Gasteiger partial charge in [0.1, 0.15) is 6.61 Å². The maximum atomic E-state index is 11.8. The average molecular weight is 293 g/mol. The summed E-state index contributed by atoms with van der Waals surface area (Å²) in [7, 11) is 0. The van der Waals surface area contributed by atoms with Crippen molar-refractivity contribution in [3.8, 4) is 0 Å². The van der Waals surface area contributed by atoms with Crippen molar-refractivity contribution in [2.45, 2.75) is 18.3 Å². The molecule has 0 aliphatic heterocycles. The van der Waals surface area contributed by atoms with E-state index < -0.39 is 11.5 Å². The largest absolute Gasteiger partial charge is 0.465 e. The molecule has 2 N–H and O–H groups in total. The number of halogens is 3. The first-order chi connectivity index (χ1) is 8.87. The molecule has 0 radical (unpaired) electrons. The molecule has 0 aromatic heterocycles. The quantitative estimate of drug-likeness (QED) is 0.497. The standard InChI is InChI=1S/C12H14F3NO2S/c13-12(14,15)19-8-7-18-11(17)6-3-9-1-4-10(16)5-2-9/h1-2,4-5H,3,6-8,16H2. The highest BCUT2D eigenvalue weighted by atomic mass is 32.2. The predicted molar refractivity (Wildman–Crippen MR) is 68.6 cm³/mol. The van der Waals surface area contributed by atoms with Crippen molar-refractivity contribution >= 4 is 23.4 Å². The number of hydrogen-bond acceptors (Lipinski definition) is 4.